The van der Waals surface area contributed by atoms with E-state index in [0.717, 1.165) is 42.9 Å². The Hall–Kier alpha value is -5.03. The van der Waals surface area contributed by atoms with E-state index in [0.29, 0.717) is 23.3 Å². The van der Waals surface area contributed by atoms with Gasteiger partial charge in [-0.3, -0.25) is 4.90 Å². The van der Waals surface area contributed by atoms with Crippen LogP contribution in [-0.2, 0) is 29.4 Å². The molecular formula is C41H44F3N3O5. The molecule has 1 aliphatic heterocycles. The largest absolute Gasteiger partial charge is 0.492 e. The van der Waals surface area contributed by atoms with Crippen molar-refractivity contribution in [1.82, 2.24) is 9.80 Å². The first kappa shape index (κ1) is 36.8. The lowest BCUT2D eigenvalue weighted by atomic mass is 9.87. The van der Waals surface area contributed by atoms with Crippen LogP contribution in [0, 0.1) is 11.8 Å². The van der Waals surface area contributed by atoms with Crippen LogP contribution in [0.2, 0.25) is 0 Å². The predicted octanol–water partition coefficient (Wildman–Crippen LogP) is 8.12. The van der Waals surface area contributed by atoms with E-state index in [4.69, 9.17) is 9.47 Å². The van der Waals surface area contributed by atoms with Gasteiger partial charge >= 0.3 is 18.2 Å². The number of hydrogen-bond donors (Lipinski definition) is 2. The quantitative estimate of drug-likeness (QED) is 0.145. The molecule has 6 rings (SSSR count). The van der Waals surface area contributed by atoms with E-state index >= 15 is 0 Å². The Morgan fingerprint density at radius 1 is 0.827 bits per heavy atom. The SMILES string of the molecule is CC(C)(C)c1ccc(O[C@@H](Cc2ccc(OCCN(C(=O)Nc3ccc(C(F)(F)F)cc3)C3C4CN(Cc5ccccc5)C[C@H]43)cc2)C(=O)O)cc1. The fraction of sp³-hybridized carbons (Fsp3) is 0.366. The van der Waals surface area contributed by atoms with Gasteiger partial charge in [0.15, 0.2) is 6.10 Å². The summed E-state index contributed by atoms with van der Waals surface area (Å²) >= 11 is 0. The second-order valence-corrected chi connectivity index (χ2v) is 14.6. The van der Waals surface area contributed by atoms with Crippen molar-refractivity contribution >= 4 is 17.7 Å². The summed E-state index contributed by atoms with van der Waals surface area (Å²) in [6, 6.07) is 28.8. The number of urea groups is 1. The fourth-order valence-corrected chi connectivity index (χ4v) is 6.91. The van der Waals surface area contributed by atoms with Crippen molar-refractivity contribution in [3.63, 3.8) is 0 Å². The van der Waals surface area contributed by atoms with Gasteiger partial charge in [-0.1, -0.05) is 75.4 Å². The zero-order valence-corrected chi connectivity index (χ0v) is 29.5. The number of ether oxygens (including phenoxy) is 2. The number of carboxylic acid groups (broad SMARTS) is 1. The van der Waals surface area contributed by atoms with Crippen LogP contribution in [0.15, 0.2) is 103 Å². The molecule has 0 bridgehead atoms. The topological polar surface area (TPSA) is 91.3 Å². The molecule has 1 saturated carbocycles. The van der Waals surface area contributed by atoms with Crippen LogP contribution in [0.4, 0.5) is 23.7 Å². The molecule has 2 fully saturated rings. The van der Waals surface area contributed by atoms with Crippen molar-refractivity contribution in [2.45, 2.75) is 57.5 Å². The molecule has 1 saturated heterocycles. The Balaban J connectivity index is 1.05. The highest BCUT2D eigenvalue weighted by Crippen LogP contribution is 2.49. The van der Waals surface area contributed by atoms with Crippen LogP contribution in [0.1, 0.15) is 43.0 Å². The zero-order chi connectivity index (χ0) is 37.0. The highest BCUT2D eigenvalue weighted by atomic mass is 19.4. The molecule has 52 heavy (non-hydrogen) atoms. The number of anilines is 1. The average molecular weight is 716 g/mol. The minimum atomic E-state index is -4.47. The number of carboxylic acids is 1. The monoisotopic (exact) mass is 715 g/mol. The van der Waals surface area contributed by atoms with Crippen LogP contribution in [0.25, 0.3) is 0 Å². The van der Waals surface area contributed by atoms with Crippen molar-refractivity contribution in [3.8, 4) is 11.5 Å². The molecule has 274 valence electrons. The number of piperidine rings is 1. The summed E-state index contributed by atoms with van der Waals surface area (Å²) in [4.78, 5) is 29.7. The van der Waals surface area contributed by atoms with Crippen molar-refractivity contribution in [2.75, 3.05) is 31.6 Å². The summed E-state index contributed by atoms with van der Waals surface area (Å²) in [5.41, 5.74) is 2.57. The first-order valence-electron chi connectivity index (χ1n) is 17.5. The van der Waals surface area contributed by atoms with Gasteiger partial charge in [-0.2, -0.15) is 13.2 Å². The minimum absolute atomic E-state index is 0.00920. The molecule has 0 aromatic heterocycles. The number of aliphatic carboxylic acids is 1. The molecule has 4 aromatic carbocycles. The summed E-state index contributed by atoms with van der Waals surface area (Å²) in [5, 5.41) is 12.6. The Morgan fingerprint density at radius 3 is 2.00 bits per heavy atom. The van der Waals surface area contributed by atoms with Crippen LogP contribution >= 0.6 is 0 Å². The van der Waals surface area contributed by atoms with E-state index in [1.807, 2.05) is 30.3 Å². The third kappa shape index (κ3) is 9.25. The number of likely N-dealkylation sites (tertiary alicyclic amines) is 1. The number of nitrogens with zero attached hydrogens (tertiary/aromatic N) is 2. The van der Waals surface area contributed by atoms with Crippen molar-refractivity contribution < 1.29 is 37.3 Å². The smallest absolute Gasteiger partial charge is 0.416 e. The molecule has 2 N–H and O–H groups in total. The molecule has 2 amide bonds. The van der Waals surface area contributed by atoms with Gasteiger partial charge in [-0.15, -0.1) is 0 Å². The number of nitrogens with one attached hydrogen (secondary N) is 1. The van der Waals surface area contributed by atoms with Gasteiger partial charge in [0.05, 0.1) is 12.1 Å². The Labute approximate surface area is 302 Å². The molecule has 2 aliphatic rings. The summed E-state index contributed by atoms with van der Waals surface area (Å²) in [6.07, 6.45) is -5.39. The molecule has 0 radical (unpaired) electrons. The summed E-state index contributed by atoms with van der Waals surface area (Å²) in [7, 11) is 0. The standard InChI is InChI=1S/C41H44F3N3O5/c1-40(2,3)29-13-19-33(20-14-29)52-36(38(48)49)23-27-9-17-32(18-10-27)51-22-21-47(39(50)45-31-15-11-30(12-16-31)41(42,43)44)37-34-25-46(26-35(34)37)24-28-7-5-4-6-8-28/h4-20,34-37H,21-26H2,1-3H3,(H,45,50)(H,48,49)/t34-,35?,36+,37?/m1/s1. The summed E-state index contributed by atoms with van der Waals surface area (Å²) < 4.78 is 51.1. The third-order valence-electron chi connectivity index (χ3n) is 9.78. The maximum atomic E-state index is 13.6. The van der Waals surface area contributed by atoms with Gasteiger partial charge in [-0.25, -0.2) is 9.59 Å². The lowest BCUT2D eigenvalue weighted by Gasteiger charge is -2.28. The zero-order valence-electron chi connectivity index (χ0n) is 29.5. The van der Waals surface area contributed by atoms with Crippen molar-refractivity contribution in [2.24, 2.45) is 11.8 Å². The van der Waals surface area contributed by atoms with Gasteiger partial charge < -0.3 is 24.8 Å². The first-order chi connectivity index (χ1) is 24.7. The van der Waals surface area contributed by atoms with E-state index in [2.05, 4.69) is 43.1 Å². The van der Waals surface area contributed by atoms with Crippen molar-refractivity contribution in [1.29, 1.82) is 0 Å². The second-order valence-electron chi connectivity index (χ2n) is 14.6. The number of halogens is 3. The van der Waals surface area contributed by atoms with Gasteiger partial charge in [-0.05, 0) is 82.5 Å². The van der Waals surface area contributed by atoms with E-state index in [-0.39, 0.29) is 42.7 Å². The van der Waals surface area contributed by atoms with Crippen LogP contribution in [0.3, 0.4) is 0 Å². The first-order valence-corrected chi connectivity index (χ1v) is 17.5. The lowest BCUT2D eigenvalue weighted by molar-refractivity contribution is -0.145. The van der Waals surface area contributed by atoms with Crippen LogP contribution in [-0.4, -0.2) is 65.3 Å². The van der Waals surface area contributed by atoms with Gasteiger partial charge in [0.25, 0.3) is 0 Å². The fourth-order valence-electron chi connectivity index (χ4n) is 6.91. The van der Waals surface area contributed by atoms with Gasteiger partial charge in [0, 0.05) is 37.8 Å². The maximum absolute atomic E-state index is 13.6. The number of amides is 2. The Morgan fingerprint density at radius 2 is 1.42 bits per heavy atom. The number of fused-ring (bicyclic) bond motifs is 1. The second kappa shape index (κ2) is 15.3. The molecule has 1 heterocycles. The predicted molar refractivity (Wildman–Crippen MR) is 192 cm³/mol. The lowest BCUT2D eigenvalue weighted by Crippen LogP contribution is -2.43. The van der Waals surface area contributed by atoms with E-state index in [1.165, 1.54) is 17.7 Å². The summed E-state index contributed by atoms with van der Waals surface area (Å²) in [5.74, 6) is 0.561. The molecule has 1 aliphatic carbocycles. The Bertz CT molecular complexity index is 1800. The normalized spacial score (nSPS) is 19.0. The van der Waals surface area contributed by atoms with Crippen molar-refractivity contribution in [3.05, 3.63) is 125 Å². The van der Waals surface area contributed by atoms with E-state index < -0.39 is 23.8 Å². The molecule has 4 aromatic rings. The molecule has 11 heteroatoms. The van der Waals surface area contributed by atoms with E-state index in [1.54, 1.807) is 41.3 Å². The number of rotatable bonds is 13. The number of carbonyl (C=O) groups excluding carboxylic acids is 1. The summed E-state index contributed by atoms with van der Waals surface area (Å²) in [6.45, 7) is 9.31. The molecule has 8 nitrogen and oxygen atoms in total. The molecule has 0 spiro atoms. The average Bonchev–Trinajstić information content (AvgIpc) is 3.58. The van der Waals surface area contributed by atoms with Gasteiger partial charge in [0.2, 0.25) is 0 Å². The number of carbonyl (C=O) groups is 2. The Kier molecular flexibility index (Phi) is 10.8. The number of benzene rings is 4. The third-order valence-corrected chi connectivity index (χ3v) is 9.78. The molecule has 4 atom stereocenters. The molecular weight excluding hydrogens is 671 g/mol. The highest BCUT2D eigenvalue weighted by Gasteiger charge is 2.59. The number of hydrogen-bond acceptors (Lipinski definition) is 5. The number of alkyl halides is 3. The minimum Gasteiger partial charge on any atom is -0.492 e. The highest BCUT2D eigenvalue weighted by molar-refractivity contribution is 5.90. The van der Waals surface area contributed by atoms with Crippen LogP contribution < -0.4 is 14.8 Å². The van der Waals surface area contributed by atoms with Crippen LogP contribution in [0.5, 0.6) is 11.5 Å². The van der Waals surface area contributed by atoms with Gasteiger partial charge in [0.1, 0.15) is 18.1 Å². The van der Waals surface area contributed by atoms with E-state index in [9.17, 15) is 27.9 Å². The maximum Gasteiger partial charge on any atom is 0.416 e. The molecule has 2 unspecified atom stereocenters.